The molecule has 2 aromatic rings. The number of nitrogens with zero attached hydrogens (tertiary/aromatic N) is 5. The van der Waals surface area contributed by atoms with E-state index >= 15 is 0 Å². The first-order valence-electron chi connectivity index (χ1n) is 10.9. The van der Waals surface area contributed by atoms with Crippen LogP contribution in [-0.2, 0) is 11.3 Å². The highest BCUT2D eigenvalue weighted by Crippen LogP contribution is 2.14. The van der Waals surface area contributed by atoms with Crippen molar-refractivity contribution < 1.29 is 9.53 Å². The van der Waals surface area contributed by atoms with Crippen molar-refractivity contribution in [3.8, 4) is 0 Å². The van der Waals surface area contributed by atoms with Crippen LogP contribution in [0.1, 0.15) is 36.7 Å². The number of nitrogens with two attached hydrogens (primary N) is 1. The lowest BCUT2D eigenvalue weighted by Crippen LogP contribution is -2.41. The third-order valence-electron chi connectivity index (χ3n) is 4.74. The van der Waals surface area contributed by atoms with Gasteiger partial charge in [-0.3, -0.25) is 9.36 Å². The number of carbonyl (C=O) groups is 1. The normalized spacial score (nSPS) is 14.8. The number of aromatic nitrogens is 3. The molecule has 176 valence electrons. The Morgan fingerprint density at radius 1 is 1.24 bits per heavy atom. The van der Waals surface area contributed by atoms with Crippen molar-refractivity contribution in [3.63, 3.8) is 0 Å². The fraction of sp³-hybridized carbons (Fsp3) is 0.333. The van der Waals surface area contributed by atoms with Gasteiger partial charge in [0, 0.05) is 31.1 Å². The van der Waals surface area contributed by atoms with Crippen LogP contribution in [0.15, 0.2) is 70.4 Å². The Bertz CT molecular complexity index is 1070. The molecule has 0 unspecified atom stereocenters. The lowest BCUT2D eigenvalue weighted by atomic mass is 10.1. The maximum Gasteiger partial charge on any atom is 0.350 e. The lowest BCUT2D eigenvalue weighted by molar-refractivity contribution is 0.0302. The summed E-state index contributed by atoms with van der Waals surface area (Å²) < 4.78 is 8.06. The minimum absolute atomic E-state index is 0.0564. The summed E-state index contributed by atoms with van der Waals surface area (Å²) in [5, 5.41) is 4.19. The molecule has 9 nitrogen and oxygen atoms in total. The summed E-state index contributed by atoms with van der Waals surface area (Å²) in [5.74, 6) is -0.0564. The molecule has 0 atom stereocenters. The molecule has 0 spiro atoms. The van der Waals surface area contributed by atoms with Gasteiger partial charge in [-0.25, -0.2) is 14.5 Å². The largest absolute Gasteiger partial charge is 0.390 e. The molecular formula is C24H32N6O3. The summed E-state index contributed by atoms with van der Waals surface area (Å²) in [4.78, 5) is 31.2. The number of ether oxygens (including phenoxy) is 1. The first-order chi connectivity index (χ1) is 16.1. The van der Waals surface area contributed by atoms with Gasteiger partial charge in [-0.2, -0.15) is 5.10 Å². The smallest absolute Gasteiger partial charge is 0.350 e. The van der Waals surface area contributed by atoms with E-state index in [1.54, 1.807) is 35.5 Å². The molecule has 0 saturated carbocycles. The highest BCUT2D eigenvalue weighted by molar-refractivity contribution is 5.95. The average Bonchev–Trinajstić information content (AvgIpc) is 3.21. The van der Waals surface area contributed by atoms with E-state index in [-0.39, 0.29) is 18.1 Å². The number of amides is 1. The van der Waals surface area contributed by atoms with E-state index < -0.39 is 0 Å². The molecule has 1 saturated heterocycles. The van der Waals surface area contributed by atoms with Crippen LogP contribution < -0.4 is 11.4 Å². The number of hydrogen-bond acceptors (Lipinski definition) is 5. The van der Waals surface area contributed by atoms with Gasteiger partial charge in [0.25, 0.3) is 5.91 Å². The zero-order valence-electron chi connectivity index (χ0n) is 19.4. The van der Waals surface area contributed by atoms with Crippen molar-refractivity contribution in [1.82, 2.24) is 19.2 Å². The SMILES string of the molecule is CC.CC(=C/C=C/N=CN)/C=C/n1cnn(Cc2ccccc2C(=O)N2CCOCC2)c1=O. The topological polar surface area (TPSA) is 108 Å². The van der Waals surface area contributed by atoms with E-state index in [1.165, 1.54) is 21.9 Å². The lowest BCUT2D eigenvalue weighted by Gasteiger charge is -2.27. The van der Waals surface area contributed by atoms with E-state index in [2.05, 4.69) is 10.1 Å². The maximum absolute atomic E-state index is 12.9. The number of aliphatic imine (C=N–C) groups is 1. The van der Waals surface area contributed by atoms with Crippen molar-refractivity contribution >= 4 is 18.4 Å². The number of rotatable bonds is 7. The molecule has 33 heavy (non-hydrogen) atoms. The number of benzene rings is 1. The van der Waals surface area contributed by atoms with E-state index in [1.807, 2.05) is 45.0 Å². The Morgan fingerprint density at radius 3 is 2.70 bits per heavy atom. The summed E-state index contributed by atoms with van der Waals surface area (Å²) in [6, 6.07) is 7.30. The van der Waals surface area contributed by atoms with Crippen molar-refractivity contribution in [2.75, 3.05) is 26.3 Å². The van der Waals surface area contributed by atoms with Crippen LogP contribution in [-0.4, -0.2) is 57.8 Å². The van der Waals surface area contributed by atoms with Crippen LogP contribution in [0, 0.1) is 0 Å². The Morgan fingerprint density at radius 2 is 1.97 bits per heavy atom. The molecule has 9 heteroatoms. The van der Waals surface area contributed by atoms with Gasteiger partial charge >= 0.3 is 5.69 Å². The van der Waals surface area contributed by atoms with Crippen LogP contribution in [0.25, 0.3) is 6.20 Å². The van der Waals surface area contributed by atoms with Crippen LogP contribution in [0.4, 0.5) is 0 Å². The van der Waals surface area contributed by atoms with E-state index in [0.29, 0.717) is 31.9 Å². The summed E-state index contributed by atoms with van der Waals surface area (Å²) >= 11 is 0. The second-order valence-electron chi connectivity index (χ2n) is 6.91. The number of allylic oxidation sites excluding steroid dienone is 4. The number of morpholine rings is 1. The molecule has 0 aliphatic carbocycles. The molecule has 1 aromatic heterocycles. The van der Waals surface area contributed by atoms with Gasteiger partial charge in [-0.1, -0.05) is 38.1 Å². The van der Waals surface area contributed by atoms with Gasteiger partial charge in [0.2, 0.25) is 0 Å². The third-order valence-corrected chi connectivity index (χ3v) is 4.74. The Hall–Kier alpha value is -3.72. The van der Waals surface area contributed by atoms with Gasteiger partial charge < -0.3 is 15.4 Å². The van der Waals surface area contributed by atoms with E-state index in [4.69, 9.17) is 10.5 Å². The Labute approximate surface area is 194 Å². The second kappa shape index (κ2) is 13.6. The van der Waals surface area contributed by atoms with E-state index in [0.717, 1.165) is 11.1 Å². The Kier molecular flexibility index (Phi) is 10.6. The van der Waals surface area contributed by atoms with Crippen molar-refractivity contribution in [2.24, 2.45) is 10.7 Å². The second-order valence-corrected chi connectivity index (χ2v) is 6.91. The molecule has 1 aliphatic rings. The monoisotopic (exact) mass is 452 g/mol. The highest BCUT2D eigenvalue weighted by Gasteiger charge is 2.21. The molecule has 1 fully saturated rings. The first kappa shape index (κ1) is 25.5. The quantitative estimate of drug-likeness (QED) is 0.395. The summed E-state index contributed by atoms with van der Waals surface area (Å²) in [5.41, 5.74) is 7.12. The molecular weight excluding hydrogens is 420 g/mol. The predicted molar refractivity (Wildman–Crippen MR) is 131 cm³/mol. The Balaban J connectivity index is 0.00000187. The van der Waals surface area contributed by atoms with Crippen LogP contribution in [0.3, 0.4) is 0 Å². The zero-order chi connectivity index (χ0) is 24.1. The maximum atomic E-state index is 12.9. The van der Waals surface area contributed by atoms with Gasteiger partial charge in [-0.15, -0.1) is 0 Å². The molecule has 1 aliphatic heterocycles. The summed E-state index contributed by atoms with van der Waals surface area (Å²) in [6.07, 6.45) is 11.2. The van der Waals surface area contributed by atoms with Gasteiger partial charge in [-0.05, 0) is 36.3 Å². The third kappa shape index (κ3) is 7.43. The van der Waals surface area contributed by atoms with Crippen LogP contribution >= 0.6 is 0 Å². The van der Waals surface area contributed by atoms with Crippen molar-refractivity contribution in [1.29, 1.82) is 0 Å². The predicted octanol–water partition coefficient (Wildman–Crippen LogP) is 2.51. The molecule has 1 aromatic carbocycles. The van der Waals surface area contributed by atoms with Gasteiger partial charge in [0.05, 0.1) is 26.1 Å². The highest BCUT2D eigenvalue weighted by atomic mass is 16.5. The number of carbonyl (C=O) groups excluding carboxylic acids is 1. The van der Waals surface area contributed by atoms with Crippen molar-refractivity contribution in [3.05, 3.63) is 82.2 Å². The fourth-order valence-electron chi connectivity index (χ4n) is 3.07. The summed E-state index contributed by atoms with van der Waals surface area (Å²) in [7, 11) is 0. The molecule has 2 heterocycles. The standard InChI is InChI=1S/C22H26N6O3.C2H6/c1-18(5-4-9-24-16-23)8-10-27-17-25-28(22(27)30)15-19-6-2-3-7-20(19)21(29)26-11-13-31-14-12-26;1-2/h2-10,16-17H,11-15H2,1H3,(H2,23,24);1-2H3/b9-4+,10-8+,18-5-;. The fourth-order valence-corrected chi connectivity index (χ4v) is 3.07. The average molecular weight is 453 g/mol. The number of hydrogen-bond donors (Lipinski definition) is 1. The molecule has 0 radical (unpaired) electrons. The first-order valence-corrected chi connectivity index (χ1v) is 10.9. The molecule has 0 bridgehead atoms. The molecule has 2 N–H and O–H groups in total. The summed E-state index contributed by atoms with van der Waals surface area (Å²) in [6.45, 7) is 8.30. The van der Waals surface area contributed by atoms with Crippen LogP contribution in [0.2, 0.25) is 0 Å². The molecule has 3 rings (SSSR count). The zero-order valence-corrected chi connectivity index (χ0v) is 19.4. The van der Waals surface area contributed by atoms with Gasteiger partial charge in [0.1, 0.15) is 6.33 Å². The molecule has 1 amide bonds. The van der Waals surface area contributed by atoms with Gasteiger partial charge in [0.15, 0.2) is 0 Å². The van der Waals surface area contributed by atoms with E-state index in [9.17, 15) is 9.59 Å². The minimum Gasteiger partial charge on any atom is -0.390 e. The minimum atomic E-state index is -0.291. The van der Waals surface area contributed by atoms with Crippen molar-refractivity contribution in [2.45, 2.75) is 27.3 Å². The van der Waals surface area contributed by atoms with Crippen LogP contribution in [0.5, 0.6) is 0 Å².